The summed E-state index contributed by atoms with van der Waals surface area (Å²) in [6.07, 6.45) is 1.47. The van der Waals surface area contributed by atoms with Crippen LogP contribution in [0.3, 0.4) is 0 Å². The summed E-state index contributed by atoms with van der Waals surface area (Å²) in [5, 5.41) is 13.3. The van der Waals surface area contributed by atoms with Crippen molar-refractivity contribution in [3.63, 3.8) is 0 Å². The monoisotopic (exact) mass is 531 g/mol. The van der Waals surface area contributed by atoms with Gasteiger partial charge in [-0.3, -0.25) is 14.2 Å². The van der Waals surface area contributed by atoms with E-state index in [1.54, 1.807) is 25.3 Å². The van der Waals surface area contributed by atoms with Gasteiger partial charge >= 0.3 is 5.97 Å². The number of benzene rings is 3. The molecule has 0 aliphatic heterocycles. The van der Waals surface area contributed by atoms with Crippen LogP contribution in [0.2, 0.25) is 0 Å². The molecule has 4 rings (SSSR count). The van der Waals surface area contributed by atoms with E-state index in [1.165, 1.54) is 32.0 Å². The molecular weight excluding hydrogens is 506 g/mol. The van der Waals surface area contributed by atoms with Gasteiger partial charge in [-0.05, 0) is 48.0 Å². The molecule has 1 aromatic heterocycles. The highest BCUT2D eigenvalue weighted by Gasteiger charge is 2.17. The van der Waals surface area contributed by atoms with E-state index >= 15 is 0 Å². The summed E-state index contributed by atoms with van der Waals surface area (Å²) in [6, 6.07) is 22.1. The molecule has 0 aliphatic rings. The van der Waals surface area contributed by atoms with Crippen molar-refractivity contribution in [3.8, 4) is 34.3 Å². The molecule has 4 aromatic rings. The minimum atomic E-state index is -0.451. The Morgan fingerprint density at radius 3 is 2.42 bits per heavy atom. The molecule has 3 aromatic carbocycles. The van der Waals surface area contributed by atoms with Crippen LogP contribution >= 0.6 is 11.8 Å². The molecule has 1 heterocycles. The zero-order chi connectivity index (χ0) is 26.9. The lowest BCUT2D eigenvalue weighted by Crippen LogP contribution is -2.20. The minimum Gasteiger partial charge on any atom is -0.497 e. The summed E-state index contributed by atoms with van der Waals surface area (Å²) in [4.78, 5) is 23.7. The fourth-order valence-corrected chi connectivity index (χ4v) is 4.19. The SMILES string of the molecule is COc1ccc(-n2c(SCC(=O)N/N=C\c3ccc(OC(C)=O)c(OC)c3)nnc2-c2ccccc2)cc1. The number of hydrazone groups is 1. The predicted molar refractivity (Wildman–Crippen MR) is 144 cm³/mol. The van der Waals surface area contributed by atoms with Gasteiger partial charge in [-0.2, -0.15) is 5.10 Å². The third kappa shape index (κ3) is 6.56. The Morgan fingerprint density at radius 2 is 1.74 bits per heavy atom. The number of hydrogen-bond donors (Lipinski definition) is 1. The number of carbonyl (C=O) groups excluding carboxylic acids is 2. The number of carbonyl (C=O) groups is 2. The second-order valence-electron chi connectivity index (χ2n) is 7.79. The maximum absolute atomic E-state index is 12.5. The van der Waals surface area contributed by atoms with Crippen LogP contribution in [-0.4, -0.2) is 52.8 Å². The van der Waals surface area contributed by atoms with Gasteiger partial charge in [0.25, 0.3) is 5.91 Å². The molecule has 0 saturated heterocycles. The van der Waals surface area contributed by atoms with Crippen LogP contribution in [0.25, 0.3) is 17.1 Å². The summed E-state index contributed by atoms with van der Waals surface area (Å²) in [6.45, 7) is 1.31. The Morgan fingerprint density at radius 1 is 0.974 bits per heavy atom. The van der Waals surface area contributed by atoms with Crippen molar-refractivity contribution in [1.29, 1.82) is 0 Å². The highest BCUT2D eigenvalue weighted by Crippen LogP contribution is 2.29. The molecular formula is C27H25N5O5S. The fraction of sp³-hybridized carbons (Fsp3) is 0.148. The van der Waals surface area contributed by atoms with Crippen LogP contribution in [0.1, 0.15) is 12.5 Å². The Balaban J connectivity index is 1.45. The normalized spacial score (nSPS) is 10.8. The van der Waals surface area contributed by atoms with E-state index in [-0.39, 0.29) is 11.7 Å². The minimum absolute atomic E-state index is 0.0646. The Hall–Kier alpha value is -4.64. The molecule has 0 saturated carbocycles. The lowest BCUT2D eigenvalue weighted by molar-refractivity contribution is -0.132. The van der Waals surface area contributed by atoms with Crippen LogP contribution < -0.4 is 19.6 Å². The molecule has 0 atom stereocenters. The van der Waals surface area contributed by atoms with Crippen LogP contribution in [0, 0.1) is 0 Å². The van der Waals surface area contributed by atoms with Crippen molar-refractivity contribution in [2.75, 3.05) is 20.0 Å². The lowest BCUT2D eigenvalue weighted by Gasteiger charge is -2.11. The quantitative estimate of drug-likeness (QED) is 0.107. The molecule has 0 aliphatic carbocycles. The second kappa shape index (κ2) is 12.5. The Bertz CT molecular complexity index is 1440. The first-order valence-corrected chi connectivity index (χ1v) is 12.4. The Labute approximate surface area is 223 Å². The van der Waals surface area contributed by atoms with Gasteiger partial charge in [-0.25, -0.2) is 5.43 Å². The number of nitrogens with zero attached hydrogens (tertiary/aromatic N) is 4. The molecule has 10 nitrogen and oxygen atoms in total. The first-order valence-electron chi connectivity index (χ1n) is 11.4. The van der Waals surface area contributed by atoms with Crippen molar-refractivity contribution < 1.29 is 23.8 Å². The van der Waals surface area contributed by atoms with Crippen molar-refractivity contribution in [1.82, 2.24) is 20.2 Å². The third-order valence-electron chi connectivity index (χ3n) is 5.17. The number of amides is 1. The van der Waals surface area contributed by atoms with Gasteiger partial charge in [0.15, 0.2) is 22.5 Å². The second-order valence-corrected chi connectivity index (χ2v) is 8.73. The molecule has 0 radical (unpaired) electrons. The van der Waals surface area contributed by atoms with Gasteiger partial charge in [0.2, 0.25) is 0 Å². The van der Waals surface area contributed by atoms with Crippen LogP contribution in [-0.2, 0) is 9.59 Å². The lowest BCUT2D eigenvalue weighted by atomic mass is 10.2. The topological polar surface area (TPSA) is 117 Å². The smallest absolute Gasteiger partial charge is 0.308 e. The standard InChI is InChI=1S/C27H25N5O5S/c1-18(33)37-23-14-9-19(15-24(23)36-3)16-28-29-25(34)17-38-27-31-30-26(20-7-5-4-6-8-20)32(27)21-10-12-22(35-2)13-11-21/h4-16H,17H2,1-3H3,(H,29,34)/b28-16-. The van der Waals surface area contributed by atoms with Gasteiger partial charge < -0.3 is 14.2 Å². The first-order chi connectivity index (χ1) is 18.5. The third-order valence-corrected chi connectivity index (χ3v) is 6.10. The van der Waals surface area contributed by atoms with Gasteiger partial charge in [0.1, 0.15) is 5.75 Å². The van der Waals surface area contributed by atoms with Crippen molar-refractivity contribution in [3.05, 3.63) is 78.4 Å². The molecule has 0 bridgehead atoms. The summed E-state index contributed by atoms with van der Waals surface area (Å²) in [5.74, 6) is 1.35. The zero-order valence-electron chi connectivity index (χ0n) is 21.0. The fourth-order valence-electron chi connectivity index (χ4n) is 3.45. The summed E-state index contributed by atoms with van der Waals surface area (Å²) < 4.78 is 17.5. The maximum atomic E-state index is 12.5. The summed E-state index contributed by atoms with van der Waals surface area (Å²) in [7, 11) is 3.08. The summed E-state index contributed by atoms with van der Waals surface area (Å²) >= 11 is 1.24. The number of rotatable bonds is 10. The van der Waals surface area contributed by atoms with Crippen LogP contribution in [0.5, 0.6) is 17.2 Å². The number of hydrogen-bond acceptors (Lipinski definition) is 9. The van der Waals surface area contributed by atoms with E-state index in [0.29, 0.717) is 28.0 Å². The van der Waals surface area contributed by atoms with Crippen molar-refractivity contribution in [2.24, 2.45) is 5.10 Å². The van der Waals surface area contributed by atoms with E-state index in [0.717, 1.165) is 17.0 Å². The van der Waals surface area contributed by atoms with Gasteiger partial charge in [0, 0.05) is 18.2 Å². The molecule has 0 fully saturated rings. The van der Waals surface area contributed by atoms with E-state index in [9.17, 15) is 9.59 Å². The van der Waals surface area contributed by atoms with Crippen LogP contribution in [0.15, 0.2) is 83.1 Å². The van der Waals surface area contributed by atoms with E-state index in [2.05, 4.69) is 20.7 Å². The molecule has 194 valence electrons. The number of ether oxygens (including phenoxy) is 3. The number of nitrogens with one attached hydrogen (secondary N) is 1. The zero-order valence-corrected chi connectivity index (χ0v) is 21.8. The van der Waals surface area contributed by atoms with Gasteiger partial charge in [-0.1, -0.05) is 42.1 Å². The molecule has 38 heavy (non-hydrogen) atoms. The van der Waals surface area contributed by atoms with Crippen molar-refractivity contribution >= 4 is 29.9 Å². The van der Waals surface area contributed by atoms with Crippen LogP contribution in [0.4, 0.5) is 0 Å². The van der Waals surface area contributed by atoms with E-state index < -0.39 is 5.97 Å². The highest BCUT2D eigenvalue weighted by molar-refractivity contribution is 7.99. The summed E-state index contributed by atoms with van der Waals surface area (Å²) in [5.41, 5.74) is 4.89. The average Bonchev–Trinajstić information content (AvgIpc) is 3.37. The average molecular weight is 532 g/mol. The number of esters is 1. The molecule has 0 unspecified atom stereocenters. The first kappa shape index (κ1) is 26.4. The van der Waals surface area contributed by atoms with Crippen molar-refractivity contribution in [2.45, 2.75) is 12.1 Å². The maximum Gasteiger partial charge on any atom is 0.308 e. The van der Waals surface area contributed by atoms with Gasteiger partial charge in [0.05, 0.1) is 26.2 Å². The van der Waals surface area contributed by atoms with Gasteiger partial charge in [-0.15, -0.1) is 10.2 Å². The largest absolute Gasteiger partial charge is 0.497 e. The molecule has 11 heteroatoms. The van der Waals surface area contributed by atoms with E-state index in [1.807, 2.05) is 59.2 Å². The highest BCUT2D eigenvalue weighted by atomic mass is 32.2. The Kier molecular flexibility index (Phi) is 8.73. The number of methoxy groups -OCH3 is 2. The predicted octanol–water partition coefficient (Wildman–Crippen LogP) is 4.12. The van der Waals surface area contributed by atoms with E-state index in [4.69, 9.17) is 14.2 Å². The number of thioether (sulfide) groups is 1. The molecule has 1 N–H and O–H groups in total. The number of aromatic nitrogens is 3. The molecule has 1 amide bonds. The molecule has 0 spiro atoms.